The summed E-state index contributed by atoms with van der Waals surface area (Å²) in [5.41, 5.74) is 2.72. The van der Waals surface area contributed by atoms with Gasteiger partial charge in [0.25, 0.3) is 0 Å². The third-order valence-electron chi connectivity index (χ3n) is 5.48. The smallest absolute Gasteiger partial charge is 0.191 e. The molecule has 2 saturated heterocycles. The summed E-state index contributed by atoms with van der Waals surface area (Å²) < 4.78 is 0. The summed E-state index contributed by atoms with van der Waals surface area (Å²) in [4.78, 5) is 9.43. The Hall–Kier alpha value is -0.860. The number of nitrogens with one attached hydrogen (secondary N) is 2. The number of halogens is 1. The largest absolute Gasteiger partial charge is 0.355 e. The van der Waals surface area contributed by atoms with Crippen LogP contribution >= 0.6 is 24.0 Å². The molecule has 27 heavy (non-hydrogen) atoms. The maximum Gasteiger partial charge on any atom is 0.191 e. The van der Waals surface area contributed by atoms with Gasteiger partial charge < -0.3 is 15.5 Å². The van der Waals surface area contributed by atoms with Gasteiger partial charge in [-0.1, -0.05) is 30.7 Å². The van der Waals surface area contributed by atoms with Crippen molar-refractivity contribution in [2.75, 3.05) is 46.3 Å². The Morgan fingerprint density at radius 1 is 0.852 bits per heavy atom. The van der Waals surface area contributed by atoms with Gasteiger partial charge in [-0.25, -0.2) is 0 Å². The highest BCUT2D eigenvalue weighted by Crippen LogP contribution is 2.13. The van der Waals surface area contributed by atoms with E-state index in [1.807, 2.05) is 7.05 Å². The van der Waals surface area contributed by atoms with Crippen LogP contribution in [0.1, 0.15) is 43.2 Å². The number of hydrogen-bond donors (Lipinski definition) is 2. The number of hydrogen-bond acceptors (Lipinski definition) is 3. The molecule has 0 atom stereocenters. The van der Waals surface area contributed by atoms with Crippen LogP contribution in [0.15, 0.2) is 29.3 Å². The Labute approximate surface area is 182 Å². The summed E-state index contributed by atoms with van der Waals surface area (Å²) in [6, 6.07) is 9.00. The van der Waals surface area contributed by atoms with Crippen LogP contribution in [-0.2, 0) is 13.1 Å². The fourth-order valence-electron chi connectivity index (χ4n) is 3.88. The molecule has 5 nitrogen and oxygen atoms in total. The minimum atomic E-state index is 0. The average molecular weight is 485 g/mol. The van der Waals surface area contributed by atoms with Gasteiger partial charge in [-0.15, -0.1) is 24.0 Å². The van der Waals surface area contributed by atoms with Gasteiger partial charge in [0.05, 0.1) is 0 Å². The summed E-state index contributed by atoms with van der Waals surface area (Å²) in [5.74, 6) is 0.892. The highest BCUT2D eigenvalue weighted by molar-refractivity contribution is 14.0. The molecule has 2 N–H and O–H groups in total. The Kier molecular flexibility index (Phi) is 10.4. The van der Waals surface area contributed by atoms with E-state index < -0.39 is 0 Å². The van der Waals surface area contributed by atoms with E-state index >= 15 is 0 Å². The molecule has 0 unspecified atom stereocenters. The lowest BCUT2D eigenvalue weighted by atomic mass is 10.1. The summed E-state index contributed by atoms with van der Waals surface area (Å²) in [6.07, 6.45) is 6.79. The Balaban J connectivity index is 0.00000261. The molecular formula is C21H36IN5. The second-order valence-corrected chi connectivity index (χ2v) is 7.55. The first kappa shape index (κ1) is 22.4. The fraction of sp³-hybridized carbons (Fsp3) is 0.667. The minimum Gasteiger partial charge on any atom is -0.355 e. The van der Waals surface area contributed by atoms with Gasteiger partial charge in [-0.05, 0) is 63.0 Å². The van der Waals surface area contributed by atoms with Crippen molar-refractivity contribution in [3.05, 3.63) is 35.4 Å². The van der Waals surface area contributed by atoms with E-state index in [4.69, 9.17) is 0 Å². The molecule has 0 spiro atoms. The summed E-state index contributed by atoms with van der Waals surface area (Å²) in [5, 5.41) is 6.86. The van der Waals surface area contributed by atoms with Crippen molar-refractivity contribution in [2.45, 2.75) is 45.2 Å². The summed E-state index contributed by atoms with van der Waals surface area (Å²) in [7, 11) is 1.84. The molecule has 152 valence electrons. The van der Waals surface area contributed by atoms with Gasteiger partial charge in [0.1, 0.15) is 0 Å². The van der Waals surface area contributed by atoms with E-state index in [-0.39, 0.29) is 24.0 Å². The molecule has 0 bridgehead atoms. The van der Waals surface area contributed by atoms with Crippen LogP contribution in [0.2, 0.25) is 0 Å². The molecular weight excluding hydrogens is 449 g/mol. The quantitative estimate of drug-likeness (QED) is 0.354. The predicted octanol–water partition coefficient (Wildman–Crippen LogP) is 3.05. The summed E-state index contributed by atoms with van der Waals surface area (Å²) >= 11 is 0. The molecule has 0 aromatic heterocycles. The zero-order valence-corrected chi connectivity index (χ0v) is 19.1. The van der Waals surface area contributed by atoms with E-state index in [2.05, 4.69) is 49.7 Å². The Bertz CT molecular complexity index is 548. The van der Waals surface area contributed by atoms with Gasteiger partial charge in [-0.2, -0.15) is 0 Å². The highest BCUT2D eigenvalue weighted by Gasteiger charge is 2.11. The standard InChI is InChI=1S/C21H35N5.HI/c1-22-21(23-11-16-25-12-3-2-4-13-25)24-17-19-7-9-20(10-8-19)18-26-14-5-6-15-26;/h7-10H,2-6,11-18H2,1H3,(H2,22,23,24);1H. The molecule has 3 rings (SSSR count). The summed E-state index contributed by atoms with van der Waals surface area (Å²) in [6.45, 7) is 8.96. The second-order valence-electron chi connectivity index (χ2n) is 7.55. The average Bonchev–Trinajstić information content (AvgIpc) is 3.19. The van der Waals surface area contributed by atoms with Crippen LogP contribution in [0, 0.1) is 0 Å². The number of guanidine groups is 1. The topological polar surface area (TPSA) is 42.9 Å². The van der Waals surface area contributed by atoms with Crippen molar-refractivity contribution in [3.63, 3.8) is 0 Å². The highest BCUT2D eigenvalue weighted by atomic mass is 127. The molecule has 1 aromatic rings. The van der Waals surface area contributed by atoms with Crippen LogP contribution in [-0.4, -0.2) is 62.1 Å². The first-order chi connectivity index (χ1) is 12.8. The third kappa shape index (κ3) is 7.95. The van der Waals surface area contributed by atoms with E-state index in [1.165, 1.54) is 69.4 Å². The third-order valence-corrected chi connectivity index (χ3v) is 5.48. The lowest BCUT2D eigenvalue weighted by Gasteiger charge is -2.26. The second kappa shape index (κ2) is 12.6. The molecule has 2 heterocycles. The van der Waals surface area contributed by atoms with Crippen molar-refractivity contribution in [1.29, 1.82) is 0 Å². The normalized spacial score (nSPS) is 18.9. The van der Waals surface area contributed by atoms with Gasteiger partial charge in [0.2, 0.25) is 0 Å². The van der Waals surface area contributed by atoms with Crippen LogP contribution in [0.5, 0.6) is 0 Å². The Morgan fingerprint density at radius 2 is 1.44 bits per heavy atom. The van der Waals surface area contributed by atoms with E-state index in [0.29, 0.717) is 0 Å². The lowest BCUT2D eigenvalue weighted by Crippen LogP contribution is -2.42. The predicted molar refractivity (Wildman–Crippen MR) is 125 cm³/mol. The van der Waals surface area contributed by atoms with Gasteiger partial charge in [0.15, 0.2) is 5.96 Å². The van der Waals surface area contributed by atoms with E-state index in [0.717, 1.165) is 32.1 Å². The molecule has 2 aliphatic rings. The minimum absolute atomic E-state index is 0. The SMILES string of the molecule is CN=C(NCCN1CCCCC1)NCc1ccc(CN2CCCC2)cc1.I. The maximum atomic E-state index is 4.34. The molecule has 1 aromatic carbocycles. The van der Waals surface area contributed by atoms with Crippen molar-refractivity contribution < 1.29 is 0 Å². The molecule has 2 aliphatic heterocycles. The van der Waals surface area contributed by atoms with Gasteiger partial charge >= 0.3 is 0 Å². The molecule has 0 radical (unpaired) electrons. The maximum absolute atomic E-state index is 4.34. The molecule has 0 aliphatic carbocycles. The van der Waals surface area contributed by atoms with Gasteiger partial charge in [0, 0.05) is 33.2 Å². The number of benzene rings is 1. The Morgan fingerprint density at radius 3 is 2.11 bits per heavy atom. The zero-order chi connectivity index (χ0) is 18.0. The zero-order valence-electron chi connectivity index (χ0n) is 16.8. The first-order valence-electron chi connectivity index (χ1n) is 10.3. The molecule has 6 heteroatoms. The lowest BCUT2D eigenvalue weighted by molar-refractivity contribution is 0.232. The van der Waals surface area contributed by atoms with Crippen molar-refractivity contribution in [3.8, 4) is 0 Å². The van der Waals surface area contributed by atoms with Crippen LogP contribution < -0.4 is 10.6 Å². The van der Waals surface area contributed by atoms with Crippen LogP contribution in [0.3, 0.4) is 0 Å². The van der Waals surface area contributed by atoms with E-state index in [9.17, 15) is 0 Å². The number of likely N-dealkylation sites (tertiary alicyclic amines) is 2. The molecule has 0 amide bonds. The number of nitrogens with zero attached hydrogens (tertiary/aromatic N) is 3. The van der Waals surface area contributed by atoms with Crippen molar-refractivity contribution >= 4 is 29.9 Å². The number of piperidine rings is 1. The number of rotatable bonds is 7. The number of aliphatic imine (C=N–C) groups is 1. The monoisotopic (exact) mass is 485 g/mol. The van der Waals surface area contributed by atoms with Gasteiger partial charge in [-0.3, -0.25) is 9.89 Å². The van der Waals surface area contributed by atoms with Crippen molar-refractivity contribution in [2.24, 2.45) is 4.99 Å². The fourth-order valence-corrected chi connectivity index (χ4v) is 3.88. The van der Waals surface area contributed by atoms with Crippen LogP contribution in [0.25, 0.3) is 0 Å². The molecule has 2 fully saturated rings. The molecule has 0 saturated carbocycles. The van der Waals surface area contributed by atoms with Crippen molar-refractivity contribution in [1.82, 2.24) is 20.4 Å². The van der Waals surface area contributed by atoms with Crippen LogP contribution in [0.4, 0.5) is 0 Å². The first-order valence-corrected chi connectivity index (χ1v) is 10.3. The van der Waals surface area contributed by atoms with E-state index in [1.54, 1.807) is 0 Å².